The molecule has 0 aliphatic rings. The van der Waals surface area contributed by atoms with E-state index in [-0.39, 0.29) is 22.6 Å². The Morgan fingerprint density at radius 2 is 1.67 bits per heavy atom. The molecule has 0 atom stereocenters. The molecule has 0 aliphatic heterocycles. The molecule has 0 aliphatic carbocycles. The summed E-state index contributed by atoms with van der Waals surface area (Å²) >= 11 is 1.10. The maximum atomic E-state index is 13.9. The summed E-state index contributed by atoms with van der Waals surface area (Å²) in [5.74, 6) is -1.16. The zero-order valence-electron chi connectivity index (χ0n) is 23.1. The van der Waals surface area contributed by atoms with Crippen molar-refractivity contribution in [3.05, 3.63) is 81.7 Å². The average molecular weight is 544 g/mol. The number of rotatable bonds is 8. The highest BCUT2D eigenvalue weighted by molar-refractivity contribution is 7.18. The van der Waals surface area contributed by atoms with Gasteiger partial charge in [-0.1, -0.05) is 42.5 Å². The molecule has 39 heavy (non-hydrogen) atoms. The monoisotopic (exact) mass is 543 g/mol. The highest BCUT2D eigenvalue weighted by Gasteiger charge is 2.29. The van der Waals surface area contributed by atoms with Crippen molar-refractivity contribution in [1.82, 2.24) is 9.88 Å². The number of carbonyl (C=O) groups is 3. The molecule has 0 saturated carbocycles. The summed E-state index contributed by atoms with van der Waals surface area (Å²) in [7, 11) is 0. The number of fused-ring (bicyclic) bond motifs is 1. The van der Waals surface area contributed by atoms with Gasteiger partial charge in [0.05, 0.1) is 33.3 Å². The van der Waals surface area contributed by atoms with Crippen molar-refractivity contribution in [1.29, 1.82) is 0 Å². The normalized spacial score (nSPS) is 11.1. The number of thiophene rings is 1. The van der Waals surface area contributed by atoms with Crippen LogP contribution in [0.1, 0.15) is 69.2 Å². The zero-order chi connectivity index (χ0) is 28.3. The fourth-order valence-corrected chi connectivity index (χ4v) is 5.67. The smallest absolute Gasteiger partial charge is 0.341 e. The third kappa shape index (κ3) is 5.71. The van der Waals surface area contributed by atoms with Crippen molar-refractivity contribution < 1.29 is 19.1 Å². The fourth-order valence-electron chi connectivity index (χ4n) is 4.51. The van der Waals surface area contributed by atoms with Gasteiger partial charge in [-0.15, -0.1) is 11.3 Å². The van der Waals surface area contributed by atoms with Crippen molar-refractivity contribution in [3.63, 3.8) is 0 Å². The third-order valence-electron chi connectivity index (χ3n) is 6.55. The minimum Gasteiger partial charge on any atom is -0.459 e. The first-order chi connectivity index (χ1) is 18.7. The molecule has 4 aromatic rings. The SMILES string of the molecule is CCN(CC)C(=O)c1sc(NC(=O)c2cc(-c3ccccc3C)nc3ccccc23)c(C(=O)OC(C)C)c1C. The van der Waals surface area contributed by atoms with Crippen LogP contribution in [0.15, 0.2) is 54.6 Å². The van der Waals surface area contributed by atoms with Crippen LogP contribution in [0.4, 0.5) is 5.00 Å². The van der Waals surface area contributed by atoms with Gasteiger partial charge in [0.25, 0.3) is 11.8 Å². The van der Waals surface area contributed by atoms with Crippen molar-refractivity contribution in [3.8, 4) is 11.3 Å². The van der Waals surface area contributed by atoms with E-state index in [1.807, 2.05) is 69.3 Å². The van der Waals surface area contributed by atoms with Crippen LogP contribution >= 0.6 is 11.3 Å². The van der Waals surface area contributed by atoms with Crippen LogP contribution in [0.3, 0.4) is 0 Å². The van der Waals surface area contributed by atoms with Gasteiger partial charge in [0.1, 0.15) is 5.00 Å². The van der Waals surface area contributed by atoms with E-state index in [9.17, 15) is 14.4 Å². The number of esters is 1. The summed E-state index contributed by atoms with van der Waals surface area (Å²) in [5, 5.41) is 3.91. The minimum absolute atomic E-state index is 0.183. The molecule has 0 radical (unpaired) electrons. The first-order valence-corrected chi connectivity index (χ1v) is 13.9. The minimum atomic E-state index is -0.576. The maximum absolute atomic E-state index is 13.9. The van der Waals surface area contributed by atoms with E-state index < -0.39 is 11.9 Å². The topological polar surface area (TPSA) is 88.6 Å². The molecule has 8 heteroatoms. The molecule has 0 fully saturated rings. The molecule has 7 nitrogen and oxygen atoms in total. The van der Waals surface area contributed by atoms with E-state index in [0.29, 0.717) is 45.7 Å². The summed E-state index contributed by atoms with van der Waals surface area (Å²) in [6.45, 7) is 12.1. The van der Waals surface area contributed by atoms with Gasteiger partial charge in [-0.05, 0) is 64.8 Å². The van der Waals surface area contributed by atoms with E-state index in [1.165, 1.54) is 0 Å². The molecule has 4 rings (SSSR count). The molecule has 2 aromatic heterocycles. The summed E-state index contributed by atoms with van der Waals surface area (Å²) in [4.78, 5) is 47.2. The van der Waals surface area contributed by atoms with E-state index in [1.54, 1.807) is 31.7 Å². The Morgan fingerprint density at radius 3 is 2.33 bits per heavy atom. The van der Waals surface area contributed by atoms with Crippen molar-refractivity contribution in [2.45, 2.75) is 47.6 Å². The van der Waals surface area contributed by atoms with Crippen LogP contribution in [0.5, 0.6) is 0 Å². The van der Waals surface area contributed by atoms with Crippen LogP contribution in [0, 0.1) is 13.8 Å². The molecule has 1 N–H and O–H groups in total. The van der Waals surface area contributed by atoms with E-state index in [0.717, 1.165) is 22.5 Å². The number of hydrogen-bond acceptors (Lipinski definition) is 6. The Hall–Kier alpha value is -4.04. The molecule has 0 spiro atoms. The summed E-state index contributed by atoms with van der Waals surface area (Å²) in [6, 6.07) is 17.1. The highest BCUT2D eigenvalue weighted by Crippen LogP contribution is 2.36. The lowest BCUT2D eigenvalue weighted by Gasteiger charge is -2.18. The largest absolute Gasteiger partial charge is 0.459 e. The average Bonchev–Trinajstić information content (AvgIpc) is 3.23. The Morgan fingerprint density at radius 1 is 1.00 bits per heavy atom. The molecule has 2 heterocycles. The second-order valence-electron chi connectivity index (χ2n) is 9.53. The van der Waals surface area contributed by atoms with Gasteiger partial charge in [0.2, 0.25) is 0 Å². The third-order valence-corrected chi connectivity index (χ3v) is 7.74. The predicted molar refractivity (Wildman–Crippen MR) is 157 cm³/mol. The van der Waals surface area contributed by atoms with Gasteiger partial charge < -0.3 is 15.0 Å². The number of anilines is 1. The first-order valence-electron chi connectivity index (χ1n) is 13.1. The van der Waals surface area contributed by atoms with Crippen LogP contribution < -0.4 is 5.32 Å². The van der Waals surface area contributed by atoms with E-state index >= 15 is 0 Å². The molecule has 0 unspecified atom stereocenters. The molecular weight excluding hydrogens is 510 g/mol. The number of hydrogen-bond donors (Lipinski definition) is 1. The van der Waals surface area contributed by atoms with Crippen LogP contribution in [0.2, 0.25) is 0 Å². The Balaban J connectivity index is 1.82. The van der Waals surface area contributed by atoms with Crippen LogP contribution in [0.25, 0.3) is 22.2 Å². The molecule has 2 aromatic carbocycles. The van der Waals surface area contributed by atoms with Gasteiger partial charge in [-0.2, -0.15) is 0 Å². The van der Waals surface area contributed by atoms with Crippen molar-refractivity contribution in [2.75, 3.05) is 18.4 Å². The summed E-state index contributed by atoms with van der Waals surface area (Å²) in [5.41, 5.74) is 4.45. The number of nitrogens with zero attached hydrogens (tertiary/aromatic N) is 2. The predicted octanol–water partition coefficient (Wildman–Crippen LogP) is 6.88. The number of para-hydroxylation sites is 1. The second-order valence-corrected chi connectivity index (χ2v) is 10.6. The van der Waals surface area contributed by atoms with E-state index in [4.69, 9.17) is 9.72 Å². The number of aryl methyl sites for hydroxylation is 1. The zero-order valence-corrected chi connectivity index (χ0v) is 23.9. The van der Waals surface area contributed by atoms with Gasteiger partial charge >= 0.3 is 5.97 Å². The highest BCUT2D eigenvalue weighted by atomic mass is 32.1. The number of nitrogens with one attached hydrogen (secondary N) is 1. The standard InChI is InChI=1S/C31H33N3O4S/c1-7-34(8-2)30(36)27-20(6)26(31(37)38-18(3)4)29(39-27)33-28(35)23-17-25(21-14-10-9-13-19(21)5)32-24-16-12-11-15-22(23)24/h9-18H,7-8H2,1-6H3,(H,33,35). The molecular formula is C31H33N3O4S. The van der Waals surface area contributed by atoms with E-state index in [2.05, 4.69) is 5.32 Å². The number of pyridine rings is 1. The maximum Gasteiger partial charge on any atom is 0.341 e. The number of ether oxygens (including phenoxy) is 1. The van der Waals surface area contributed by atoms with Crippen LogP contribution in [-0.2, 0) is 4.74 Å². The Kier molecular flexibility index (Phi) is 8.45. The fraction of sp³-hybridized carbons (Fsp3) is 0.290. The van der Waals surface area contributed by atoms with Gasteiger partial charge in [-0.25, -0.2) is 9.78 Å². The lowest BCUT2D eigenvalue weighted by Crippen LogP contribution is -2.30. The number of amides is 2. The summed E-state index contributed by atoms with van der Waals surface area (Å²) in [6.07, 6.45) is -0.358. The molecule has 2 amide bonds. The Bertz CT molecular complexity index is 1550. The number of carbonyl (C=O) groups excluding carboxylic acids is 3. The molecule has 202 valence electrons. The summed E-state index contributed by atoms with van der Waals surface area (Å²) < 4.78 is 5.49. The van der Waals surface area contributed by atoms with Gasteiger partial charge in [0, 0.05) is 24.0 Å². The number of aromatic nitrogens is 1. The lowest BCUT2D eigenvalue weighted by atomic mass is 10.0. The number of benzene rings is 2. The molecule has 0 saturated heterocycles. The Labute approximate surface area is 232 Å². The van der Waals surface area contributed by atoms with Gasteiger partial charge in [-0.3, -0.25) is 9.59 Å². The quantitative estimate of drug-likeness (QED) is 0.245. The first kappa shape index (κ1) is 28.0. The van der Waals surface area contributed by atoms with Gasteiger partial charge in [0.15, 0.2) is 0 Å². The molecule has 0 bridgehead atoms. The van der Waals surface area contributed by atoms with Crippen molar-refractivity contribution in [2.24, 2.45) is 0 Å². The van der Waals surface area contributed by atoms with Crippen LogP contribution in [-0.4, -0.2) is 46.9 Å². The lowest BCUT2D eigenvalue weighted by molar-refractivity contribution is 0.0379. The van der Waals surface area contributed by atoms with Crippen molar-refractivity contribution >= 4 is 45.0 Å². The second kappa shape index (κ2) is 11.8.